The van der Waals surface area contributed by atoms with Crippen LogP contribution < -0.4 is 10.6 Å². The highest BCUT2D eigenvalue weighted by Crippen LogP contribution is 2.40. The van der Waals surface area contributed by atoms with Crippen molar-refractivity contribution >= 4 is 35.5 Å². The third-order valence-electron chi connectivity index (χ3n) is 14.1. The lowest BCUT2D eigenvalue weighted by Gasteiger charge is -2.48. The zero-order valence-electron chi connectivity index (χ0n) is 42.3. The first-order chi connectivity index (χ1) is 31.7. The summed E-state index contributed by atoms with van der Waals surface area (Å²) in [5, 5.41) is 72.9. The second-order valence-corrected chi connectivity index (χ2v) is 20.4. The number of esters is 1. The number of anilines is 1. The number of methoxy groups -OCH3 is 1. The first-order valence-electron chi connectivity index (χ1n) is 23.8. The van der Waals surface area contributed by atoms with Gasteiger partial charge in [0.25, 0.3) is 6.47 Å². The number of hydrogen-bond acceptors (Lipinski definition) is 16. The Morgan fingerprint density at radius 1 is 1.01 bits per heavy atom. The number of nitrogens with one attached hydrogen (secondary N) is 2. The summed E-state index contributed by atoms with van der Waals surface area (Å²) >= 11 is 5.44. The van der Waals surface area contributed by atoms with Crippen LogP contribution in [0.25, 0.3) is 0 Å². The third kappa shape index (κ3) is 15.4. The number of likely N-dealkylation sites (N-methyl/N-ethyl adjacent to an activating group) is 1. The Morgan fingerprint density at radius 3 is 2.24 bits per heavy atom. The van der Waals surface area contributed by atoms with Crippen LogP contribution in [-0.4, -0.2) is 189 Å². The maximum absolute atomic E-state index is 14.5. The predicted molar refractivity (Wildman–Crippen MR) is 257 cm³/mol. The van der Waals surface area contributed by atoms with Crippen LogP contribution in [-0.2, 0) is 38.0 Å². The highest BCUT2D eigenvalue weighted by molar-refractivity contribution is 7.80. The van der Waals surface area contributed by atoms with Crippen LogP contribution >= 0.6 is 12.2 Å². The van der Waals surface area contributed by atoms with Gasteiger partial charge in [0, 0.05) is 51.2 Å². The summed E-state index contributed by atoms with van der Waals surface area (Å²) in [7, 11) is 5.24. The smallest absolute Gasteiger partial charge is 0.311 e. The van der Waals surface area contributed by atoms with Gasteiger partial charge in [-0.25, -0.2) is 4.39 Å². The van der Waals surface area contributed by atoms with Crippen LogP contribution in [0, 0.1) is 23.6 Å². The molecule has 392 valence electrons. The SMILES string of the molecule is CC[C@H]1OC(=O)[C@H](C)[C@@H](O[C@H]2C[C@@](C)(OC)[C@@H](O)[C@H](C)O2)[C@H](C)[C@@H](O[C@@H]2O[C@H](C)C[C@H](N(C)C)[C@H]2O)[C@](C)(O)C[C@@H](C)CN(CCCNC(=S)Nc2ccccc2F)[C@H](C)[C@@H](O)[C@]1(C)O.O=CO. The van der Waals surface area contributed by atoms with Crippen molar-refractivity contribution in [3.63, 3.8) is 0 Å². The molecule has 3 aliphatic heterocycles. The molecule has 0 aromatic heterocycles. The normalized spacial score (nSPS) is 40.2. The summed E-state index contributed by atoms with van der Waals surface area (Å²) in [6.45, 7) is 18.4. The highest BCUT2D eigenvalue weighted by atomic mass is 32.1. The van der Waals surface area contributed by atoms with E-state index in [1.54, 1.807) is 66.7 Å². The number of hydrogen-bond donors (Lipinski definition) is 8. The van der Waals surface area contributed by atoms with Gasteiger partial charge in [-0.05, 0) is 119 Å². The summed E-state index contributed by atoms with van der Waals surface area (Å²) in [5.41, 5.74) is -4.39. The van der Waals surface area contributed by atoms with Crippen molar-refractivity contribution in [2.24, 2.45) is 17.8 Å². The van der Waals surface area contributed by atoms with Gasteiger partial charge < -0.3 is 74.6 Å². The van der Waals surface area contributed by atoms with Crippen molar-refractivity contribution in [3.05, 3.63) is 30.1 Å². The number of carbonyl (C=O) groups is 2. The number of carboxylic acid groups (broad SMARTS) is 1. The maximum atomic E-state index is 14.5. The Morgan fingerprint density at radius 2 is 1.65 bits per heavy atom. The quantitative estimate of drug-likeness (QED) is 0.0647. The number of thiocarbonyl (C=S) groups is 1. The molecule has 0 unspecified atom stereocenters. The second kappa shape index (κ2) is 26.1. The lowest BCUT2D eigenvalue weighted by molar-refractivity contribution is -0.318. The van der Waals surface area contributed by atoms with Gasteiger partial charge in [-0.3, -0.25) is 14.5 Å². The molecule has 1 aromatic rings. The molecule has 3 fully saturated rings. The first kappa shape index (κ1) is 59.6. The molecule has 3 heterocycles. The first-order valence-corrected chi connectivity index (χ1v) is 24.2. The lowest BCUT2D eigenvalue weighted by atomic mass is 9.77. The van der Waals surface area contributed by atoms with Crippen LogP contribution in [0.2, 0.25) is 0 Å². The van der Waals surface area contributed by atoms with Crippen LogP contribution in [0.3, 0.4) is 0 Å². The van der Waals surface area contributed by atoms with Crippen LogP contribution in [0.15, 0.2) is 24.3 Å². The zero-order valence-corrected chi connectivity index (χ0v) is 43.2. The van der Waals surface area contributed by atoms with Crippen molar-refractivity contribution in [1.29, 1.82) is 0 Å². The second-order valence-electron chi connectivity index (χ2n) is 20.0. The number of nitrogens with zero attached hydrogens (tertiary/aromatic N) is 2. The van der Waals surface area contributed by atoms with Crippen LogP contribution in [0.1, 0.15) is 101 Å². The molecular weight excluding hydrogens is 908 g/mol. The van der Waals surface area contributed by atoms with E-state index in [-0.39, 0.29) is 54.6 Å². The number of rotatable bonds is 12. The van der Waals surface area contributed by atoms with Crippen molar-refractivity contribution < 1.29 is 73.0 Å². The molecule has 3 saturated heterocycles. The van der Waals surface area contributed by atoms with E-state index in [4.69, 9.17) is 50.5 Å². The Labute approximate surface area is 408 Å². The summed E-state index contributed by atoms with van der Waals surface area (Å²) in [5.74, 6) is -3.32. The molecule has 18 atom stereocenters. The molecule has 0 saturated carbocycles. The maximum Gasteiger partial charge on any atom is 0.311 e. The molecule has 4 rings (SSSR count). The fraction of sp³-hybridized carbons (Fsp3) is 0.812. The van der Waals surface area contributed by atoms with Gasteiger partial charge in [0.2, 0.25) is 0 Å². The molecule has 1 aromatic carbocycles. The molecule has 0 bridgehead atoms. The van der Waals surface area contributed by atoms with E-state index in [1.165, 1.54) is 20.1 Å². The van der Waals surface area contributed by atoms with E-state index in [1.807, 2.05) is 37.7 Å². The summed E-state index contributed by atoms with van der Waals surface area (Å²) in [6, 6.07) is 5.22. The Kier molecular flexibility index (Phi) is 22.9. The van der Waals surface area contributed by atoms with E-state index >= 15 is 0 Å². The molecule has 0 radical (unpaired) electrons. The van der Waals surface area contributed by atoms with E-state index in [0.717, 1.165) is 0 Å². The fourth-order valence-electron chi connectivity index (χ4n) is 10.1. The van der Waals surface area contributed by atoms with Gasteiger partial charge in [-0.2, -0.15) is 0 Å². The number of halogens is 1. The Bertz CT molecular complexity index is 1740. The number of benzene rings is 1. The number of aliphatic hydroxyl groups excluding tert-OH is 3. The van der Waals surface area contributed by atoms with Crippen molar-refractivity contribution in [3.8, 4) is 0 Å². The molecule has 0 spiro atoms. The molecule has 0 aliphatic carbocycles. The molecule has 20 heteroatoms. The average Bonchev–Trinajstić information content (AvgIpc) is 3.26. The van der Waals surface area contributed by atoms with E-state index in [0.29, 0.717) is 32.5 Å². The highest BCUT2D eigenvalue weighted by Gasteiger charge is 2.53. The number of cyclic esters (lactones) is 1. The van der Waals surface area contributed by atoms with Gasteiger partial charge in [-0.15, -0.1) is 0 Å². The summed E-state index contributed by atoms with van der Waals surface area (Å²) in [4.78, 5) is 26.8. The molecule has 8 N–H and O–H groups in total. The third-order valence-corrected chi connectivity index (χ3v) is 14.3. The largest absolute Gasteiger partial charge is 0.483 e. The van der Waals surface area contributed by atoms with E-state index in [9.17, 15) is 34.7 Å². The Balaban J connectivity index is 0.00000397. The van der Waals surface area contributed by atoms with E-state index < -0.39 is 102 Å². The summed E-state index contributed by atoms with van der Waals surface area (Å²) in [6.07, 6.45) is -8.51. The minimum absolute atomic E-state index is 0.0982. The van der Waals surface area contributed by atoms with Crippen molar-refractivity contribution in [2.45, 2.75) is 192 Å². The van der Waals surface area contributed by atoms with Gasteiger partial charge in [-0.1, -0.05) is 32.9 Å². The minimum atomic E-state index is -1.92. The number of carbonyl (C=O) groups excluding carboxylic acids is 1. The minimum Gasteiger partial charge on any atom is -0.483 e. The summed E-state index contributed by atoms with van der Waals surface area (Å²) < 4.78 is 52.3. The van der Waals surface area contributed by atoms with Gasteiger partial charge in [0.05, 0.1) is 47.2 Å². The molecule has 68 heavy (non-hydrogen) atoms. The topological polar surface area (TPSA) is 241 Å². The zero-order chi connectivity index (χ0) is 51.5. The number of ether oxygens (including phenoxy) is 6. The van der Waals surface area contributed by atoms with Crippen molar-refractivity contribution in [1.82, 2.24) is 15.1 Å². The molecular formula is C48H83FN4O14S. The average molecular weight is 991 g/mol. The van der Waals surface area contributed by atoms with Gasteiger partial charge >= 0.3 is 5.97 Å². The van der Waals surface area contributed by atoms with Crippen LogP contribution in [0.5, 0.6) is 0 Å². The molecule has 18 nitrogen and oxygen atoms in total. The molecule has 0 amide bonds. The molecule has 3 aliphatic rings. The number of aliphatic hydroxyl groups is 5. The predicted octanol–water partition coefficient (Wildman–Crippen LogP) is 3.49. The Hall–Kier alpha value is -2.70. The van der Waals surface area contributed by atoms with Crippen LogP contribution in [0.4, 0.5) is 10.1 Å². The van der Waals surface area contributed by atoms with Crippen molar-refractivity contribution in [2.75, 3.05) is 46.2 Å². The van der Waals surface area contributed by atoms with Gasteiger partial charge in [0.15, 0.2) is 17.7 Å². The number of para-hydroxylation sites is 1. The monoisotopic (exact) mass is 991 g/mol. The fourth-order valence-corrected chi connectivity index (χ4v) is 10.3. The van der Waals surface area contributed by atoms with E-state index in [2.05, 4.69) is 10.6 Å². The van der Waals surface area contributed by atoms with Gasteiger partial charge in [0.1, 0.15) is 35.8 Å². The standard InChI is InChI=1S/C47H81FN4O12S.CH2O2/c1-14-35-47(10,58)39(54)30(6)52(21-17-20-49-44(65)50-33-19-16-15-18-32(33)48)25-26(2)23-45(8,57)41(64-43-37(53)34(51(11)12)22-27(3)60-43)28(4)38(29(5)42(56)62-35)63-36-24-46(9,59-13)40(55)31(7)61-36;2-1-3/h15-16,18-19,26-31,34-41,43,53-55,57-58H,14,17,20-25H2,1-13H3,(H2,49,50,65);1H,(H,2,3)/t26-,27-,28+,29-,30-,31+,34+,35-,36+,37-,38+,39-,40+,41-,43+,45-,46-,47-;/m1./s1. The lowest BCUT2D eigenvalue weighted by Crippen LogP contribution is -2.60.